The molecule has 2 aromatic heterocycles. The first kappa shape index (κ1) is 16.1. The van der Waals surface area contributed by atoms with E-state index < -0.39 is 0 Å². The number of nitrogens with zero attached hydrogens (tertiary/aromatic N) is 3. The van der Waals surface area contributed by atoms with Crippen molar-refractivity contribution in [3.8, 4) is 0 Å². The van der Waals surface area contributed by atoms with Gasteiger partial charge in [-0.1, -0.05) is 28.9 Å². The Hall–Kier alpha value is -2.44. The van der Waals surface area contributed by atoms with Crippen molar-refractivity contribution < 1.29 is 9.32 Å². The zero-order valence-corrected chi connectivity index (χ0v) is 14.5. The SMILES string of the molecule is Cc1noc2ncc(C(=O)N3CCNCC3c3cccc(Cl)c3)cc12. The van der Waals surface area contributed by atoms with Gasteiger partial charge in [0.05, 0.1) is 22.7 Å². The smallest absolute Gasteiger partial charge is 0.257 e. The molecule has 0 spiro atoms. The molecule has 6 nitrogen and oxygen atoms in total. The molecule has 1 N–H and O–H groups in total. The fraction of sp³-hybridized carbons (Fsp3) is 0.278. The summed E-state index contributed by atoms with van der Waals surface area (Å²) in [6.45, 7) is 3.90. The Morgan fingerprint density at radius 2 is 2.28 bits per heavy atom. The van der Waals surface area contributed by atoms with Crippen LogP contribution in [0.4, 0.5) is 0 Å². The number of nitrogens with one attached hydrogen (secondary N) is 1. The standard InChI is InChI=1S/C18H17ClN4O2/c1-11-15-8-13(9-21-17(15)25-22-11)18(24)23-6-5-20-10-16(23)12-3-2-4-14(19)7-12/h2-4,7-9,16,20H,5-6,10H2,1H3. The number of piperazine rings is 1. The largest absolute Gasteiger partial charge is 0.336 e. The monoisotopic (exact) mass is 356 g/mol. The summed E-state index contributed by atoms with van der Waals surface area (Å²) in [4.78, 5) is 19.2. The van der Waals surface area contributed by atoms with Crippen molar-refractivity contribution in [1.82, 2.24) is 20.4 Å². The molecule has 3 aromatic rings. The number of benzene rings is 1. The molecule has 4 rings (SSSR count). The van der Waals surface area contributed by atoms with E-state index in [1.807, 2.05) is 36.1 Å². The third kappa shape index (κ3) is 2.99. The van der Waals surface area contributed by atoms with E-state index in [9.17, 15) is 4.79 Å². The van der Waals surface area contributed by atoms with Gasteiger partial charge in [-0.2, -0.15) is 0 Å². The Bertz CT molecular complexity index is 940. The van der Waals surface area contributed by atoms with Gasteiger partial charge in [0.25, 0.3) is 11.6 Å². The van der Waals surface area contributed by atoms with Gasteiger partial charge in [-0.05, 0) is 30.7 Å². The Morgan fingerprint density at radius 1 is 1.40 bits per heavy atom. The third-order valence-electron chi connectivity index (χ3n) is 4.49. The third-order valence-corrected chi connectivity index (χ3v) is 4.73. The maximum Gasteiger partial charge on any atom is 0.257 e. The van der Waals surface area contributed by atoms with E-state index in [1.165, 1.54) is 0 Å². The van der Waals surface area contributed by atoms with Crippen LogP contribution in [0.1, 0.15) is 27.7 Å². The van der Waals surface area contributed by atoms with Crippen LogP contribution in [-0.4, -0.2) is 40.6 Å². The molecule has 7 heteroatoms. The van der Waals surface area contributed by atoms with Crippen LogP contribution in [0.25, 0.3) is 11.1 Å². The van der Waals surface area contributed by atoms with Crippen molar-refractivity contribution in [2.45, 2.75) is 13.0 Å². The van der Waals surface area contributed by atoms with E-state index in [-0.39, 0.29) is 11.9 Å². The second-order valence-corrected chi connectivity index (χ2v) is 6.55. The highest BCUT2D eigenvalue weighted by molar-refractivity contribution is 6.30. The average Bonchev–Trinajstić information content (AvgIpc) is 3.01. The van der Waals surface area contributed by atoms with Crippen molar-refractivity contribution in [3.63, 3.8) is 0 Å². The predicted octanol–water partition coefficient (Wildman–Crippen LogP) is 2.97. The van der Waals surface area contributed by atoms with Crippen LogP contribution in [0.15, 0.2) is 41.1 Å². The van der Waals surface area contributed by atoms with E-state index in [1.54, 1.807) is 12.3 Å². The van der Waals surface area contributed by atoms with Crippen LogP contribution in [0.3, 0.4) is 0 Å². The maximum atomic E-state index is 13.1. The number of hydrogen-bond donors (Lipinski definition) is 1. The molecule has 1 aromatic carbocycles. The molecule has 25 heavy (non-hydrogen) atoms. The Labute approximate surface area is 149 Å². The number of aromatic nitrogens is 2. The maximum absolute atomic E-state index is 13.1. The summed E-state index contributed by atoms with van der Waals surface area (Å²) in [5.74, 6) is -0.0542. The van der Waals surface area contributed by atoms with Crippen LogP contribution in [0.2, 0.25) is 5.02 Å². The number of amides is 1. The zero-order chi connectivity index (χ0) is 17.4. The summed E-state index contributed by atoms with van der Waals surface area (Å²) in [7, 11) is 0. The highest BCUT2D eigenvalue weighted by Gasteiger charge is 2.29. The van der Waals surface area contributed by atoms with Crippen LogP contribution in [-0.2, 0) is 0 Å². The normalized spacial score (nSPS) is 17.8. The lowest BCUT2D eigenvalue weighted by atomic mass is 10.0. The lowest BCUT2D eigenvalue weighted by Crippen LogP contribution is -2.48. The van der Waals surface area contributed by atoms with Crippen molar-refractivity contribution in [1.29, 1.82) is 0 Å². The van der Waals surface area contributed by atoms with Gasteiger partial charge in [-0.3, -0.25) is 4.79 Å². The molecule has 1 fully saturated rings. The predicted molar refractivity (Wildman–Crippen MR) is 94.6 cm³/mol. The Kier molecular flexibility index (Phi) is 4.15. The van der Waals surface area contributed by atoms with E-state index >= 15 is 0 Å². The summed E-state index contributed by atoms with van der Waals surface area (Å²) in [5.41, 5.74) is 2.72. The molecule has 0 radical (unpaired) electrons. The van der Waals surface area contributed by atoms with Gasteiger partial charge in [-0.15, -0.1) is 0 Å². The first-order valence-corrected chi connectivity index (χ1v) is 8.50. The molecular formula is C18H17ClN4O2. The zero-order valence-electron chi connectivity index (χ0n) is 13.7. The number of rotatable bonds is 2. The lowest BCUT2D eigenvalue weighted by Gasteiger charge is -2.36. The lowest BCUT2D eigenvalue weighted by molar-refractivity contribution is 0.0634. The van der Waals surface area contributed by atoms with Gasteiger partial charge in [0.2, 0.25) is 0 Å². The molecule has 1 amide bonds. The van der Waals surface area contributed by atoms with Crippen molar-refractivity contribution >= 4 is 28.6 Å². The van der Waals surface area contributed by atoms with Crippen LogP contribution < -0.4 is 5.32 Å². The second kappa shape index (κ2) is 6.46. The van der Waals surface area contributed by atoms with E-state index in [0.717, 1.165) is 23.2 Å². The molecule has 1 unspecified atom stereocenters. The molecule has 0 bridgehead atoms. The minimum absolute atomic E-state index is 0.0542. The van der Waals surface area contributed by atoms with Gasteiger partial charge < -0.3 is 14.7 Å². The van der Waals surface area contributed by atoms with Gasteiger partial charge >= 0.3 is 0 Å². The highest BCUT2D eigenvalue weighted by Crippen LogP contribution is 2.27. The number of hydrogen-bond acceptors (Lipinski definition) is 5. The molecule has 1 aliphatic heterocycles. The minimum atomic E-state index is -0.0702. The van der Waals surface area contributed by atoms with Crippen LogP contribution in [0.5, 0.6) is 0 Å². The summed E-state index contributed by atoms with van der Waals surface area (Å²) >= 11 is 6.13. The molecule has 1 atom stereocenters. The molecular weight excluding hydrogens is 340 g/mol. The first-order valence-electron chi connectivity index (χ1n) is 8.12. The molecule has 1 aliphatic rings. The van der Waals surface area contributed by atoms with Crippen LogP contribution in [0, 0.1) is 6.92 Å². The van der Waals surface area contributed by atoms with E-state index in [2.05, 4.69) is 15.5 Å². The summed E-state index contributed by atoms with van der Waals surface area (Å²) in [6.07, 6.45) is 1.55. The van der Waals surface area contributed by atoms with Crippen molar-refractivity contribution in [2.24, 2.45) is 0 Å². The molecule has 0 aliphatic carbocycles. The number of halogens is 1. The molecule has 3 heterocycles. The number of aryl methyl sites for hydroxylation is 1. The first-order chi connectivity index (χ1) is 12.1. The quantitative estimate of drug-likeness (QED) is 0.764. The molecule has 128 valence electrons. The second-order valence-electron chi connectivity index (χ2n) is 6.12. The number of fused-ring (bicyclic) bond motifs is 1. The summed E-state index contributed by atoms with van der Waals surface area (Å²) in [6, 6.07) is 9.37. The van der Waals surface area contributed by atoms with Crippen molar-refractivity contribution in [3.05, 3.63) is 58.4 Å². The molecule has 0 saturated carbocycles. The van der Waals surface area contributed by atoms with Crippen molar-refractivity contribution in [2.75, 3.05) is 19.6 Å². The van der Waals surface area contributed by atoms with Gasteiger partial charge in [0, 0.05) is 30.9 Å². The summed E-state index contributed by atoms with van der Waals surface area (Å²) in [5, 5.41) is 8.67. The Morgan fingerprint density at radius 3 is 3.12 bits per heavy atom. The fourth-order valence-electron chi connectivity index (χ4n) is 3.19. The average molecular weight is 357 g/mol. The van der Waals surface area contributed by atoms with E-state index in [4.69, 9.17) is 16.1 Å². The Balaban J connectivity index is 1.69. The topological polar surface area (TPSA) is 71.3 Å². The number of carbonyl (C=O) groups excluding carboxylic acids is 1. The highest BCUT2D eigenvalue weighted by atomic mass is 35.5. The van der Waals surface area contributed by atoms with Gasteiger partial charge in [-0.25, -0.2) is 4.98 Å². The van der Waals surface area contributed by atoms with Gasteiger partial charge in [0.15, 0.2) is 0 Å². The number of carbonyl (C=O) groups is 1. The summed E-state index contributed by atoms with van der Waals surface area (Å²) < 4.78 is 5.12. The van der Waals surface area contributed by atoms with E-state index in [0.29, 0.717) is 29.4 Å². The minimum Gasteiger partial charge on any atom is -0.336 e. The van der Waals surface area contributed by atoms with Crippen LogP contribution >= 0.6 is 11.6 Å². The molecule has 1 saturated heterocycles. The van der Waals surface area contributed by atoms with Gasteiger partial charge in [0.1, 0.15) is 0 Å². The fourth-order valence-corrected chi connectivity index (χ4v) is 3.39. The number of pyridine rings is 1.